The lowest BCUT2D eigenvalue weighted by Gasteiger charge is -2.18. The molecule has 31 heavy (non-hydrogen) atoms. The standard InChI is InChI=1S/C20H16F5NO3S2/c1-26-16-7-6-12(29-31(27,28)11-19(21,22)10-20(23,24)25)8-14(16)15-9-30-17-5-3-2-4-13(17)18(15)26/h2-8H,9-11H2,1H3. The molecule has 0 atom stereocenters. The summed E-state index contributed by atoms with van der Waals surface area (Å²) < 4.78 is 94.7. The van der Waals surface area contributed by atoms with Gasteiger partial charge in [-0.2, -0.15) is 21.6 Å². The molecule has 0 saturated heterocycles. The molecule has 0 unspecified atom stereocenters. The van der Waals surface area contributed by atoms with Gasteiger partial charge in [-0.25, -0.2) is 8.78 Å². The van der Waals surface area contributed by atoms with Gasteiger partial charge in [-0.1, -0.05) is 18.2 Å². The van der Waals surface area contributed by atoms with Gasteiger partial charge in [0, 0.05) is 34.2 Å². The number of thioether (sulfide) groups is 1. The Morgan fingerprint density at radius 3 is 2.52 bits per heavy atom. The van der Waals surface area contributed by atoms with Crippen LogP contribution in [0.5, 0.6) is 5.75 Å². The molecular formula is C20H16F5NO3S2. The SMILES string of the molecule is Cn1c2c(c3cc(OS(=O)(=O)CC(F)(F)CC(F)(F)F)ccc31)CSc1ccccc1-2. The van der Waals surface area contributed by atoms with E-state index in [4.69, 9.17) is 4.18 Å². The summed E-state index contributed by atoms with van der Waals surface area (Å²) >= 11 is 1.61. The Kier molecular flexibility index (Phi) is 5.24. The van der Waals surface area contributed by atoms with Gasteiger partial charge in [0.1, 0.15) is 12.2 Å². The highest BCUT2D eigenvalue weighted by atomic mass is 32.2. The van der Waals surface area contributed by atoms with Gasteiger partial charge >= 0.3 is 16.3 Å². The van der Waals surface area contributed by atoms with Crippen LogP contribution < -0.4 is 4.18 Å². The van der Waals surface area contributed by atoms with Gasteiger partial charge < -0.3 is 8.75 Å². The largest absolute Gasteiger partial charge is 0.394 e. The number of aromatic nitrogens is 1. The number of hydrogen-bond acceptors (Lipinski definition) is 4. The van der Waals surface area contributed by atoms with Gasteiger partial charge in [-0.3, -0.25) is 0 Å². The fraction of sp³-hybridized carbons (Fsp3) is 0.300. The average molecular weight is 477 g/mol. The van der Waals surface area contributed by atoms with E-state index in [9.17, 15) is 30.4 Å². The van der Waals surface area contributed by atoms with Crippen LogP contribution in [0.25, 0.3) is 22.2 Å². The van der Waals surface area contributed by atoms with E-state index < -0.39 is 34.4 Å². The topological polar surface area (TPSA) is 48.3 Å². The van der Waals surface area contributed by atoms with Gasteiger partial charge in [-0.15, -0.1) is 11.8 Å². The summed E-state index contributed by atoms with van der Waals surface area (Å²) in [5.41, 5.74) is 3.70. The molecular weight excluding hydrogens is 461 g/mol. The van der Waals surface area contributed by atoms with Crippen LogP contribution in [0.3, 0.4) is 0 Å². The molecule has 0 radical (unpaired) electrons. The molecule has 1 aliphatic rings. The first-order chi connectivity index (χ1) is 14.4. The van der Waals surface area contributed by atoms with Gasteiger partial charge in [0.2, 0.25) is 0 Å². The van der Waals surface area contributed by atoms with Gasteiger partial charge in [0.05, 0.1) is 5.69 Å². The molecule has 2 aromatic carbocycles. The third kappa shape index (κ3) is 4.52. The Morgan fingerprint density at radius 1 is 1.10 bits per heavy atom. The molecule has 166 valence electrons. The van der Waals surface area contributed by atoms with Gasteiger partial charge in [0.15, 0.2) is 5.75 Å². The highest BCUT2D eigenvalue weighted by Gasteiger charge is 2.47. The monoisotopic (exact) mass is 477 g/mol. The van der Waals surface area contributed by atoms with Crippen molar-refractivity contribution in [1.82, 2.24) is 4.57 Å². The summed E-state index contributed by atoms with van der Waals surface area (Å²) in [4.78, 5) is 1.10. The zero-order valence-corrected chi connectivity index (χ0v) is 17.7. The van der Waals surface area contributed by atoms with Crippen LogP contribution in [0, 0.1) is 0 Å². The lowest BCUT2D eigenvalue weighted by Crippen LogP contribution is -2.35. The minimum atomic E-state index is -5.20. The lowest BCUT2D eigenvalue weighted by atomic mass is 10.1. The predicted molar refractivity (Wildman–Crippen MR) is 108 cm³/mol. The number of benzene rings is 2. The Bertz CT molecular complexity index is 1270. The number of hydrogen-bond donors (Lipinski definition) is 0. The molecule has 2 heterocycles. The van der Waals surface area contributed by atoms with E-state index in [0.717, 1.165) is 27.2 Å². The van der Waals surface area contributed by atoms with E-state index in [0.29, 0.717) is 11.1 Å². The number of aryl methyl sites for hydroxylation is 1. The van der Waals surface area contributed by atoms with Crippen molar-refractivity contribution in [2.45, 2.75) is 29.2 Å². The third-order valence-electron chi connectivity index (χ3n) is 4.86. The maximum absolute atomic E-state index is 13.6. The second kappa shape index (κ2) is 7.40. The highest BCUT2D eigenvalue weighted by molar-refractivity contribution is 7.98. The van der Waals surface area contributed by atoms with Crippen molar-refractivity contribution in [3.63, 3.8) is 0 Å². The Morgan fingerprint density at radius 2 is 1.81 bits per heavy atom. The van der Waals surface area contributed by atoms with E-state index in [-0.39, 0.29) is 5.75 Å². The third-order valence-corrected chi connectivity index (χ3v) is 7.18. The first kappa shape index (κ1) is 21.9. The summed E-state index contributed by atoms with van der Waals surface area (Å²) in [5, 5.41) is 0.689. The molecule has 0 spiro atoms. The molecule has 4 nitrogen and oxygen atoms in total. The zero-order chi connectivity index (χ0) is 22.6. The Labute approximate surface area is 179 Å². The van der Waals surface area contributed by atoms with Crippen LogP contribution in [0.2, 0.25) is 0 Å². The molecule has 0 N–H and O–H groups in total. The van der Waals surface area contributed by atoms with Gasteiger partial charge in [0.25, 0.3) is 5.92 Å². The minimum Gasteiger partial charge on any atom is -0.382 e. The number of fused-ring (bicyclic) bond motifs is 5. The molecule has 0 amide bonds. The number of halogens is 5. The summed E-state index contributed by atoms with van der Waals surface area (Å²) in [6.45, 7) is 0. The van der Waals surface area contributed by atoms with Crippen molar-refractivity contribution >= 4 is 32.8 Å². The molecule has 4 rings (SSSR count). The maximum atomic E-state index is 13.6. The molecule has 1 aromatic heterocycles. The molecule has 3 aromatic rings. The van der Waals surface area contributed by atoms with Crippen molar-refractivity contribution in [3.05, 3.63) is 48.0 Å². The summed E-state index contributed by atoms with van der Waals surface area (Å²) in [5.74, 6) is -6.17. The quantitative estimate of drug-likeness (QED) is 0.347. The van der Waals surface area contributed by atoms with E-state index in [1.165, 1.54) is 12.1 Å². The molecule has 0 fully saturated rings. The van der Waals surface area contributed by atoms with Crippen LogP contribution in [0.4, 0.5) is 22.0 Å². The number of nitrogens with zero attached hydrogens (tertiary/aromatic N) is 1. The predicted octanol–water partition coefficient (Wildman–Crippen LogP) is 5.75. The molecule has 0 bridgehead atoms. The van der Waals surface area contributed by atoms with Crippen LogP contribution in [-0.2, 0) is 22.9 Å². The average Bonchev–Trinajstić information content (AvgIpc) is 2.90. The lowest BCUT2D eigenvalue weighted by molar-refractivity contribution is -0.181. The van der Waals surface area contributed by atoms with Crippen molar-refractivity contribution in [2.75, 3.05) is 5.75 Å². The van der Waals surface area contributed by atoms with E-state index >= 15 is 0 Å². The minimum absolute atomic E-state index is 0.229. The van der Waals surface area contributed by atoms with Crippen molar-refractivity contribution < 1.29 is 34.6 Å². The zero-order valence-electron chi connectivity index (χ0n) is 16.0. The smallest absolute Gasteiger partial charge is 0.382 e. The van der Waals surface area contributed by atoms with Crippen molar-refractivity contribution in [3.8, 4) is 17.0 Å². The van der Waals surface area contributed by atoms with Gasteiger partial charge in [-0.05, 0) is 29.8 Å². The molecule has 0 aliphatic carbocycles. The van der Waals surface area contributed by atoms with Crippen LogP contribution in [-0.4, -0.2) is 30.8 Å². The fourth-order valence-corrected chi connectivity index (χ4v) is 5.92. The van der Waals surface area contributed by atoms with Crippen molar-refractivity contribution in [1.29, 1.82) is 0 Å². The first-order valence-corrected chi connectivity index (χ1v) is 11.6. The number of rotatable bonds is 5. The second-order valence-corrected chi connectivity index (χ2v) is 9.87. The first-order valence-electron chi connectivity index (χ1n) is 9.05. The Hall–Kier alpha value is -2.27. The van der Waals surface area contributed by atoms with E-state index in [2.05, 4.69) is 0 Å². The normalized spacial score (nSPS) is 14.4. The maximum Gasteiger partial charge on any atom is 0.394 e. The van der Waals surface area contributed by atoms with E-state index in [1.54, 1.807) is 17.8 Å². The van der Waals surface area contributed by atoms with E-state index in [1.807, 2.05) is 35.9 Å². The second-order valence-electron chi connectivity index (χ2n) is 7.28. The summed E-state index contributed by atoms with van der Waals surface area (Å²) in [7, 11) is -3.09. The van der Waals surface area contributed by atoms with Crippen LogP contribution in [0.1, 0.15) is 12.0 Å². The van der Waals surface area contributed by atoms with Crippen LogP contribution >= 0.6 is 11.8 Å². The summed E-state index contributed by atoms with van der Waals surface area (Å²) in [6, 6.07) is 12.1. The highest BCUT2D eigenvalue weighted by Crippen LogP contribution is 2.46. The fourth-order valence-electron chi connectivity index (χ4n) is 3.76. The number of alkyl halides is 5. The summed E-state index contributed by atoms with van der Waals surface area (Å²) in [6.07, 6.45) is -7.74. The molecule has 0 saturated carbocycles. The van der Waals surface area contributed by atoms with Crippen molar-refractivity contribution in [2.24, 2.45) is 7.05 Å². The Balaban J connectivity index is 1.67. The molecule has 1 aliphatic heterocycles. The molecule has 11 heteroatoms. The van der Waals surface area contributed by atoms with Crippen LogP contribution in [0.15, 0.2) is 47.4 Å².